The Kier molecular flexibility index (Phi) is 4.52. The van der Waals surface area contributed by atoms with Gasteiger partial charge in [-0.1, -0.05) is 20.3 Å². The van der Waals surface area contributed by atoms with Crippen LogP contribution in [0.3, 0.4) is 0 Å². The number of hydrogen-bond donors (Lipinski definition) is 0. The number of hydrogen-bond acceptors (Lipinski definition) is 2. The molecule has 0 N–H and O–H groups in total. The van der Waals surface area contributed by atoms with Crippen LogP contribution in [0.5, 0.6) is 0 Å². The average molecular weight is 220 g/mol. The zero-order valence-electron chi connectivity index (χ0n) is 8.83. The van der Waals surface area contributed by atoms with Gasteiger partial charge in [-0.05, 0) is 12.3 Å². The van der Waals surface area contributed by atoms with Crippen LogP contribution >= 0.6 is 11.6 Å². The number of carbonyl (C=O) groups is 1. The summed E-state index contributed by atoms with van der Waals surface area (Å²) in [6.45, 7) is 5.54. The van der Waals surface area contributed by atoms with E-state index in [-0.39, 0.29) is 12.1 Å². The van der Waals surface area contributed by atoms with E-state index in [1.54, 1.807) is 0 Å². The molecule has 1 amide bonds. The highest BCUT2D eigenvalue weighted by Crippen LogP contribution is 2.21. The van der Waals surface area contributed by atoms with Crippen molar-refractivity contribution in [3.63, 3.8) is 0 Å². The van der Waals surface area contributed by atoms with Gasteiger partial charge in [0.25, 0.3) is 0 Å². The molecule has 0 aromatic heterocycles. The number of rotatable bonds is 5. The maximum Gasteiger partial charge on any atom is 0.410 e. The Balaban J connectivity index is 2.52. The van der Waals surface area contributed by atoms with Gasteiger partial charge in [0.05, 0.1) is 6.04 Å². The topological polar surface area (TPSA) is 29.5 Å². The zero-order chi connectivity index (χ0) is 10.6. The fourth-order valence-electron chi connectivity index (χ4n) is 1.70. The molecule has 0 aliphatic carbocycles. The second kappa shape index (κ2) is 5.44. The van der Waals surface area contributed by atoms with Gasteiger partial charge >= 0.3 is 6.09 Å². The molecule has 3 nitrogen and oxygen atoms in total. The molecular weight excluding hydrogens is 202 g/mol. The molecule has 0 radical (unpaired) electrons. The minimum atomic E-state index is -0.180. The SMILES string of the molecule is CC[C@H](C)[C@H]1COC(=O)N1CCCCl. The first-order valence-electron chi connectivity index (χ1n) is 5.20. The van der Waals surface area contributed by atoms with Crippen LogP contribution in [0.2, 0.25) is 0 Å². The maximum absolute atomic E-state index is 11.4. The Morgan fingerprint density at radius 2 is 2.43 bits per heavy atom. The third kappa shape index (κ3) is 2.53. The van der Waals surface area contributed by atoms with E-state index in [1.807, 2.05) is 4.90 Å². The van der Waals surface area contributed by atoms with Crippen molar-refractivity contribution in [2.75, 3.05) is 19.0 Å². The Bertz CT molecular complexity index is 199. The third-order valence-electron chi connectivity index (χ3n) is 2.85. The summed E-state index contributed by atoms with van der Waals surface area (Å²) in [4.78, 5) is 13.2. The summed E-state index contributed by atoms with van der Waals surface area (Å²) in [5.74, 6) is 1.09. The maximum atomic E-state index is 11.4. The molecular formula is C10H18ClNO2. The first-order valence-corrected chi connectivity index (χ1v) is 5.73. The van der Waals surface area contributed by atoms with E-state index in [4.69, 9.17) is 16.3 Å². The second-order valence-corrected chi connectivity index (χ2v) is 4.14. The average Bonchev–Trinajstić information content (AvgIpc) is 2.56. The summed E-state index contributed by atoms with van der Waals surface area (Å²) >= 11 is 5.61. The molecule has 1 fully saturated rings. The molecule has 1 rings (SSSR count). The lowest BCUT2D eigenvalue weighted by atomic mass is 9.99. The molecule has 2 atom stereocenters. The van der Waals surface area contributed by atoms with Crippen molar-refractivity contribution in [2.45, 2.75) is 32.7 Å². The van der Waals surface area contributed by atoms with Crippen LogP contribution in [-0.2, 0) is 4.74 Å². The molecule has 0 saturated carbocycles. The summed E-state index contributed by atoms with van der Waals surface area (Å²) in [6, 6.07) is 0.246. The molecule has 14 heavy (non-hydrogen) atoms. The molecule has 0 aromatic carbocycles. The smallest absolute Gasteiger partial charge is 0.410 e. The summed E-state index contributed by atoms with van der Waals surface area (Å²) in [5.41, 5.74) is 0. The standard InChI is InChI=1S/C10H18ClNO2/c1-3-8(2)9-7-14-10(13)12(9)6-4-5-11/h8-9H,3-7H2,1-2H3/t8-,9+/m0/s1. The van der Waals surface area contributed by atoms with Gasteiger partial charge in [0, 0.05) is 12.4 Å². The Morgan fingerprint density at radius 3 is 3.00 bits per heavy atom. The second-order valence-electron chi connectivity index (χ2n) is 3.77. The van der Waals surface area contributed by atoms with Gasteiger partial charge in [-0.2, -0.15) is 0 Å². The molecule has 1 saturated heterocycles. The summed E-state index contributed by atoms with van der Waals surface area (Å²) in [6.07, 6.45) is 1.72. The van der Waals surface area contributed by atoms with Crippen molar-refractivity contribution in [3.05, 3.63) is 0 Å². The van der Waals surface area contributed by atoms with Crippen LogP contribution in [0.25, 0.3) is 0 Å². The van der Waals surface area contributed by atoms with Crippen molar-refractivity contribution in [2.24, 2.45) is 5.92 Å². The van der Waals surface area contributed by atoms with Gasteiger partial charge in [0.2, 0.25) is 0 Å². The highest BCUT2D eigenvalue weighted by atomic mass is 35.5. The first kappa shape index (κ1) is 11.6. The van der Waals surface area contributed by atoms with Crippen molar-refractivity contribution in [1.29, 1.82) is 0 Å². The van der Waals surface area contributed by atoms with Gasteiger partial charge in [-0.3, -0.25) is 0 Å². The molecule has 1 aliphatic heterocycles. The summed E-state index contributed by atoms with van der Waals surface area (Å²) < 4.78 is 5.04. The molecule has 0 spiro atoms. The van der Waals surface area contributed by atoms with E-state index in [2.05, 4.69) is 13.8 Å². The predicted octanol–water partition coefficient (Wildman–Crippen LogP) is 2.48. The van der Waals surface area contributed by atoms with Crippen LogP contribution in [-0.4, -0.2) is 36.1 Å². The van der Waals surface area contributed by atoms with Crippen LogP contribution in [0.4, 0.5) is 4.79 Å². The summed E-state index contributed by atoms with van der Waals surface area (Å²) in [7, 11) is 0. The van der Waals surface area contributed by atoms with Crippen LogP contribution in [0.15, 0.2) is 0 Å². The first-order chi connectivity index (χ1) is 6.70. The van der Waals surface area contributed by atoms with Gasteiger partial charge in [-0.15, -0.1) is 11.6 Å². The Morgan fingerprint density at radius 1 is 1.71 bits per heavy atom. The van der Waals surface area contributed by atoms with Crippen molar-refractivity contribution < 1.29 is 9.53 Å². The lowest BCUT2D eigenvalue weighted by molar-refractivity contribution is 0.156. The summed E-state index contributed by atoms with van der Waals surface area (Å²) in [5, 5.41) is 0. The quantitative estimate of drug-likeness (QED) is 0.665. The predicted molar refractivity (Wildman–Crippen MR) is 56.6 cm³/mol. The lowest BCUT2D eigenvalue weighted by Gasteiger charge is -2.25. The van der Waals surface area contributed by atoms with Crippen molar-refractivity contribution in [3.8, 4) is 0 Å². The number of halogens is 1. The largest absolute Gasteiger partial charge is 0.447 e. The van der Waals surface area contributed by atoms with E-state index >= 15 is 0 Å². The van der Waals surface area contributed by atoms with E-state index in [9.17, 15) is 4.79 Å². The van der Waals surface area contributed by atoms with Crippen LogP contribution in [0.1, 0.15) is 26.7 Å². The number of carbonyl (C=O) groups excluding carboxylic acids is 1. The van der Waals surface area contributed by atoms with E-state index in [0.29, 0.717) is 18.4 Å². The van der Waals surface area contributed by atoms with E-state index in [1.165, 1.54) is 0 Å². The third-order valence-corrected chi connectivity index (χ3v) is 3.11. The number of nitrogens with zero attached hydrogens (tertiary/aromatic N) is 1. The molecule has 0 unspecified atom stereocenters. The Hall–Kier alpha value is -0.440. The van der Waals surface area contributed by atoms with Gasteiger partial charge in [0.15, 0.2) is 0 Å². The van der Waals surface area contributed by atoms with Crippen molar-refractivity contribution in [1.82, 2.24) is 4.90 Å². The molecule has 1 heterocycles. The molecule has 0 bridgehead atoms. The fourth-order valence-corrected chi connectivity index (χ4v) is 1.82. The lowest BCUT2D eigenvalue weighted by Crippen LogP contribution is -2.38. The number of amides is 1. The Labute approximate surface area is 90.4 Å². The van der Waals surface area contributed by atoms with Crippen LogP contribution in [0, 0.1) is 5.92 Å². The number of alkyl halides is 1. The zero-order valence-corrected chi connectivity index (χ0v) is 9.59. The highest BCUT2D eigenvalue weighted by molar-refractivity contribution is 6.17. The molecule has 4 heteroatoms. The van der Waals surface area contributed by atoms with E-state index < -0.39 is 0 Å². The van der Waals surface area contributed by atoms with E-state index in [0.717, 1.165) is 19.4 Å². The molecule has 82 valence electrons. The molecule has 1 aliphatic rings. The van der Waals surface area contributed by atoms with Gasteiger partial charge in [-0.25, -0.2) is 4.79 Å². The van der Waals surface area contributed by atoms with Gasteiger partial charge < -0.3 is 9.64 Å². The number of ether oxygens (including phenoxy) is 1. The molecule has 0 aromatic rings. The minimum absolute atomic E-state index is 0.180. The highest BCUT2D eigenvalue weighted by Gasteiger charge is 2.35. The number of cyclic esters (lactones) is 1. The van der Waals surface area contributed by atoms with Crippen molar-refractivity contribution >= 4 is 17.7 Å². The minimum Gasteiger partial charge on any atom is -0.447 e. The van der Waals surface area contributed by atoms with Crippen LogP contribution < -0.4 is 0 Å². The van der Waals surface area contributed by atoms with Gasteiger partial charge in [0.1, 0.15) is 6.61 Å². The normalized spacial score (nSPS) is 23.8. The fraction of sp³-hybridized carbons (Fsp3) is 0.900. The monoisotopic (exact) mass is 219 g/mol.